The summed E-state index contributed by atoms with van der Waals surface area (Å²) < 4.78 is 19.2. The minimum Gasteiger partial charge on any atom is -0.481 e. The van der Waals surface area contributed by atoms with E-state index in [1.807, 2.05) is 0 Å². The molecule has 0 unspecified atom stereocenters. The molecule has 1 aliphatic rings. The normalized spacial score (nSPS) is 14.6. The van der Waals surface area contributed by atoms with Gasteiger partial charge in [-0.3, -0.25) is 9.78 Å². The zero-order valence-corrected chi connectivity index (χ0v) is 11.0. The van der Waals surface area contributed by atoms with Crippen molar-refractivity contribution in [1.29, 1.82) is 0 Å². The monoisotopic (exact) mass is 310 g/mol. The van der Waals surface area contributed by atoms with Crippen molar-refractivity contribution in [3.05, 3.63) is 28.6 Å². The largest absolute Gasteiger partial charge is 0.481 e. The van der Waals surface area contributed by atoms with Crippen LogP contribution in [0.1, 0.15) is 0 Å². The van der Waals surface area contributed by atoms with Gasteiger partial charge in [0.2, 0.25) is 0 Å². The van der Waals surface area contributed by atoms with E-state index in [0.717, 1.165) is 0 Å². The third-order valence-electron chi connectivity index (χ3n) is 2.92. The van der Waals surface area contributed by atoms with Gasteiger partial charge in [0.25, 0.3) is 5.91 Å². The van der Waals surface area contributed by atoms with Crippen molar-refractivity contribution in [2.75, 3.05) is 18.6 Å². The number of rotatable bonds is 0. The summed E-state index contributed by atoms with van der Waals surface area (Å²) in [6.45, 7) is -0.0163. The molecule has 4 nitrogen and oxygen atoms in total. The summed E-state index contributed by atoms with van der Waals surface area (Å²) >= 11 is 3.13. The van der Waals surface area contributed by atoms with Crippen LogP contribution >= 0.6 is 15.9 Å². The smallest absolute Gasteiger partial charge is 0.264 e. The fourth-order valence-electron chi connectivity index (χ4n) is 1.91. The lowest BCUT2D eigenvalue weighted by Gasteiger charge is -2.26. The van der Waals surface area contributed by atoms with Crippen molar-refractivity contribution in [2.24, 2.45) is 0 Å². The first-order valence-corrected chi connectivity index (χ1v) is 6.04. The molecular weight excluding hydrogens is 303 g/mol. The van der Waals surface area contributed by atoms with Crippen LogP contribution in [0.25, 0.3) is 10.9 Å². The van der Waals surface area contributed by atoms with Gasteiger partial charge in [-0.15, -0.1) is 0 Å². The van der Waals surface area contributed by atoms with Crippen molar-refractivity contribution >= 4 is 38.4 Å². The van der Waals surface area contributed by atoms with Crippen LogP contribution in [0.2, 0.25) is 0 Å². The number of ether oxygens (including phenoxy) is 1. The Morgan fingerprint density at radius 1 is 1.50 bits per heavy atom. The second kappa shape index (κ2) is 3.91. The van der Waals surface area contributed by atoms with Gasteiger partial charge in [-0.2, -0.15) is 0 Å². The second-order valence-electron chi connectivity index (χ2n) is 4.00. The van der Waals surface area contributed by atoms with Crippen LogP contribution in [-0.2, 0) is 4.79 Å². The summed E-state index contributed by atoms with van der Waals surface area (Å²) in [5, 5.41) is 0.681. The number of likely N-dealkylation sites (N-methyl/N-ethyl adjacent to an activating group) is 1. The number of pyridine rings is 1. The molecule has 0 saturated carbocycles. The summed E-state index contributed by atoms with van der Waals surface area (Å²) in [7, 11) is 1.66. The standard InChI is InChI=1S/C12H8BrFN2O2/c1-16-10-4-15-9-3-8(14)7(13)2-6(9)12(10)18-5-11(16)17/h2-4H,5H2,1H3. The minimum atomic E-state index is -0.379. The summed E-state index contributed by atoms with van der Waals surface area (Å²) in [5.74, 6) is 0.0443. The molecule has 0 spiro atoms. The van der Waals surface area contributed by atoms with Gasteiger partial charge in [0.05, 0.1) is 16.2 Å². The van der Waals surface area contributed by atoms with E-state index >= 15 is 0 Å². The Bertz CT molecular complexity index is 675. The zero-order chi connectivity index (χ0) is 12.9. The van der Waals surface area contributed by atoms with Crippen LogP contribution in [0, 0.1) is 5.82 Å². The van der Waals surface area contributed by atoms with E-state index < -0.39 is 0 Å². The van der Waals surface area contributed by atoms with E-state index in [-0.39, 0.29) is 18.3 Å². The van der Waals surface area contributed by atoms with Crippen molar-refractivity contribution in [3.8, 4) is 5.75 Å². The highest BCUT2D eigenvalue weighted by molar-refractivity contribution is 9.10. The van der Waals surface area contributed by atoms with E-state index in [1.165, 1.54) is 17.2 Å². The van der Waals surface area contributed by atoms with E-state index in [1.54, 1.807) is 13.1 Å². The fraction of sp³-hybridized carbons (Fsp3) is 0.167. The maximum absolute atomic E-state index is 13.4. The van der Waals surface area contributed by atoms with Crippen molar-refractivity contribution < 1.29 is 13.9 Å². The van der Waals surface area contributed by atoms with Gasteiger partial charge in [0, 0.05) is 18.5 Å². The molecule has 0 aliphatic carbocycles. The Balaban J connectivity index is 2.32. The van der Waals surface area contributed by atoms with Crippen LogP contribution in [-0.4, -0.2) is 24.5 Å². The Kier molecular flexibility index (Phi) is 2.48. The van der Waals surface area contributed by atoms with E-state index in [4.69, 9.17) is 4.74 Å². The lowest BCUT2D eigenvalue weighted by Crippen LogP contribution is -2.35. The van der Waals surface area contributed by atoms with Gasteiger partial charge in [0.15, 0.2) is 12.4 Å². The number of hydrogen-bond donors (Lipinski definition) is 0. The van der Waals surface area contributed by atoms with Gasteiger partial charge >= 0.3 is 0 Å². The topological polar surface area (TPSA) is 42.4 Å². The molecule has 3 rings (SSSR count). The number of nitrogens with zero attached hydrogens (tertiary/aromatic N) is 2. The van der Waals surface area contributed by atoms with Crippen molar-refractivity contribution in [1.82, 2.24) is 4.98 Å². The number of amides is 1. The molecule has 0 bridgehead atoms. The van der Waals surface area contributed by atoms with E-state index in [2.05, 4.69) is 20.9 Å². The Morgan fingerprint density at radius 2 is 2.28 bits per heavy atom. The van der Waals surface area contributed by atoms with Gasteiger partial charge in [-0.05, 0) is 22.0 Å². The zero-order valence-electron chi connectivity index (χ0n) is 9.41. The number of anilines is 1. The molecule has 0 saturated heterocycles. The maximum atomic E-state index is 13.4. The number of carbonyl (C=O) groups excluding carboxylic acids is 1. The molecule has 18 heavy (non-hydrogen) atoms. The number of aromatic nitrogens is 1. The number of fused-ring (bicyclic) bond motifs is 3. The predicted octanol–water partition coefficient (Wildman–Crippen LogP) is 2.49. The molecule has 92 valence electrons. The molecule has 0 radical (unpaired) electrons. The molecule has 1 aliphatic heterocycles. The average Bonchev–Trinajstić information content (AvgIpc) is 2.35. The van der Waals surface area contributed by atoms with Gasteiger partial charge < -0.3 is 9.64 Å². The molecular formula is C12H8BrFN2O2. The summed E-state index contributed by atoms with van der Waals surface area (Å²) in [5.41, 5.74) is 1.09. The Hall–Kier alpha value is -1.69. The molecule has 0 atom stereocenters. The van der Waals surface area contributed by atoms with E-state index in [9.17, 15) is 9.18 Å². The van der Waals surface area contributed by atoms with Crippen LogP contribution in [0.3, 0.4) is 0 Å². The predicted molar refractivity (Wildman–Crippen MR) is 68.3 cm³/mol. The number of hydrogen-bond acceptors (Lipinski definition) is 3. The highest BCUT2D eigenvalue weighted by Gasteiger charge is 2.25. The van der Waals surface area contributed by atoms with E-state index in [0.29, 0.717) is 26.8 Å². The molecule has 0 fully saturated rings. The number of benzene rings is 1. The van der Waals surface area contributed by atoms with Crippen LogP contribution in [0.15, 0.2) is 22.8 Å². The van der Waals surface area contributed by atoms with Gasteiger partial charge in [0.1, 0.15) is 11.5 Å². The first kappa shape index (κ1) is 11.4. The number of carbonyl (C=O) groups is 1. The van der Waals surface area contributed by atoms with Crippen molar-refractivity contribution in [3.63, 3.8) is 0 Å². The average molecular weight is 311 g/mol. The molecule has 6 heteroatoms. The first-order chi connectivity index (χ1) is 8.58. The maximum Gasteiger partial charge on any atom is 0.264 e. The van der Waals surface area contributed by atoms with Crippen LogP contribution in [0.4, 0.5) is 10.1 Å². The lowest BCUT2D eigenvalue weighted by atomic mass is 10.1. The fourth-order valence-corrected chi connectivity index (χ4v) is 2.25. The number of halogens is 2. The van der Waals surface area contributed by atoms with Crippen LogP contribution < -0.4 is 9.64 Å². The summed E-state index contributed by atoms with van der Waals surface area (Å²) in [6, 6.07) is 2.94. The summed E-state index contributed by atoms with van der Waals surface area (Å²) in [6.07, 6.45) is 1.52. The molecule has 2 heterocycles. The van der Waals surface area contributed by atoms with Crippen LogP contribution in [0.5, 0.6) is 5.75 Å². The minimum absolute atomic E-state index is 0.0163. The molecule has 1 amide bonds. The molecule has 2 aromatic rings. The first-order valence-electron chi connectivity index (χ1n) is 5.25. The molecule has 0 N–H and O–H groups in total. The highest BCUT2D eigenvalue weighted by Crippen LogP contribution is 2.38. The Labute approximate surface area is 110 Å². The lowest BCUT2D eigenvalue weighted by molar-refractivity contribution is -0.120. The quantitative estimate of drug-likeness (QED) is 0.751. The van der Waals surface area contributed by atoms with Crippen molar-refractivity contribution in [2.45, 2.75) is 0 Å². The van der Waals surface area contributed by atoms with Gasteiger partial charge in [-0.1, -0.05) is 0 Å². The molecule has 1 aromatic carbocycles. The SMILES string of the molecule is CN1C(=O)COc2c1cnc1cc(F)c(Br)cc21. The highest BCUT2D eigenvalue weighted by atomic mass is 79.9. The Morgan fingerprint density at radius 3 is 3.06 bits per heavy atom. The van der Waals surface area contributed by atoms with Gasteiger partial charge in [-0.25, -0.2) is 4.39 Å². The second-order valence-corrected chi connectivity index (χ2v) is 4.85. The third-order valence-corrected chi connectivity index (χ3v) is 3.52. The third kappa shape index (κ3) is 1.56. The molecule has 1 aromatic heterocycles. The summed E-state index contributed by atoms with van der Waals surface area (Å²) in [4.78, 5) is 17.2.